The largest absolute Gasteiger partial charge is 0.469 e. The maximum atomic E-state index is 5.38. The van der Waals surface area contributed by atoms with E-state index in [-0.39, 0.29) is 0 Å². The second-order valence-corrected chi connectivity index (χ2v) is 4.76. The first-order chi connectivity index (χ1) is 8.86. The molecule has 0 spiro atoms. The average molecular weight is 253 g/mol. The Balaban J connectivity index is 2.21. The van der Waals surface area contributed by atoms with Gasteiger partial charge < -0.3 is 14.5 Å². The van der Waals surface area contributed by atoms with Gasteiger partial charge in [0.15, 0.2) is 0 Å². The van der Waals surface area contributed by atoms with Crippen molar-refractivity contribution < 1.29 is 9.15 Å². The second-order valence-electron chi connectivity index (χ2n) is 4.76. The molecule has 1 aromatic heterocycles. The van der Waals surface area contributed by atoms with Crippen molar-refractivity contribution in [1.29, 1.82) is 0 Å². The molecule has 0 bridgehead atoms. The highest BCUT2D eigenvalue weighted by molar-refractivity contribution is 4.98. The molecule has 0 amide bonds. The number of rotatable bonds is 11. The lowest BCUT2D eigenvalue weighted by atomic mass is 10.0. The number of furan rings is 1. The summed E-state index contributed by atoms with van der Waals surface area (Å²) in [5.74, 6) is 1.09. The maximum absolute atomic E-state index is 5.38. The molecule has 1 N–H and O–H groups in total. The number of hydrogen-bond acceptors (Lipinski definition) is 3. The monoisotopic (exact) mass is 253 g/mol. The van der Waals surface area contributed by atoms with E-state index in [9.17, 15) is 0 Å². The minimum absolute atomic E-state index is 0.604. The lowest BCUT2D eigenvalue weighted by Crippen LogP contribution is -2.30. The molecule has 3 nitrogen and oxygen atoms in total. The molecule has 104 valence electrons. The molecular formula is C15H27NO2. The Morgan fingerprint density at radius 2 is 2.22 bits per heavy atom. The SMILES string of the molecule is CCCNC(CCCCOC)CCc1ccco1. The summed E-state index contributed by atoms with van der Waals surface area (Å²) in [4.78, 5) is 0. The Morgan fingerprint density at radius 1 is 1.33 bits per heavy atom. The molecule has 1 aromatic rings. The average Bonchev–Trinajstić information content (AvgIpc) is 2.90. The highest BCUT2D eigenvalue weighted by atomic mass is 16.5. The van der Waals surface area contributed by atoms with Gasteiger partial charge in [-0.15, -0.1) is 0 Å². The summed E-state index contributed by atoms with van der Waals surface area (Å²) >= 11 is 0. The molecule has 0 aromatic carbocycles. The van der Waals surface area contributed by atoms with Crippen molar-refractivity contribution in [3.8, 4) is 0 Å². The van der Waals surface area contributed by atoms with E-state index in [1.54, 1.807) is 13.4 Å². The molecular weight excluding hydrogens is 226 g/mol. The molecule has 1 atom stereocenters. The van der Waals surface area contributed by atoms with Crippen LogP contribution in [0.1, 0.15) is 44.8 Å². The van der Waals surface area contributed by atoms with Gasteiger partial charge in [0.25, 0.3) is 0 Å². The summed E-state index contributed by atoms with van der Waals surface area (Å²) in [5, 5.41) is 3.63. The topological polar surface area (TPSA) is 34.4 Å². The van der Waals surface area contributed by atoms with Crippen molar-refractivity contribution >= 4 is 0 Å². The van der Waals surface area contributed by atoms with Gasteiger partial charge in [-0.2, -0.15) is 0 Å². The smallest absolute Gasteiger partial charge is 0.103 e. The Kier molecular flexibility index (Phi) is 8.61. The van der Waals surface area contributed by atoms with Crippen LogP contribution in [0.2, 0.25) is 0 Å². The fraction of sp³-hybridized carbons (Fsp3) is 0.733. The third-order valence-corrected chi connectivity index (χ3v) is 3.15. The lowest BCUT2D eigenvalue weighted by Gasteiger charge is -2.17. The van der Waals surface area contributed by atoms with E-state index in [1.807, 2.05) is 6.07 Å². The van der Waals surface area contributed by atoms with Crippen molar-refractivity contribution in [2.24, 2.45) is 0 Å². The third kappa shape index (κ3) is 6.82. The van der Waals surface area contributed by atoms with Gasteiger partial charge >= 0.3 is 0 Å². The summed E-state index contributed by atoms with van der Waals surface area (Å²) < 4.78 is 10.5. The van der Waals surface area contributed by atoms with Gasteiger partial charge in [0.05, 0.1) is 6.26 Å². The van der Waals surface area contributed by atoms with Crippen LogP contribution in [-0.2, 0) is 11.2 Å². The molecule has 0 aliphatic rings. The van der Waals surface area contributed by atoms with Gasteiger partial charge in [-0.1, -0.05) is 6.92 Å². The molecule has 0 aliphatic heterocycles. The second kappa shape index (κ2) is 10.2. The van der Waals surface area contributed by atoms with Crippen LogP contribution in [-0.4, -0.2) is 26.3 Å². The third-order valence-electron chi connectivity index (χ3n) is 3.15. The Morgan fingerprint density at radius 3 is 2.89 bits per heavy atom. The number of hydrogen-bond donors (Lipinski definition) is 1. The molecule has 1 rings (SSSR count). The maximum Gasteiger partial charge on any atom is 0.103 e. The van der Waals surface area contributed by atoms with E-state index in [1.165, 1.54) is 19.3 Å². The van der Waals surface area contributed by atoms with Crippen LogP contribution in [0.25, 0.3) is 0 Å². The van der Waals surface area contributed by atoms with Crippen LogP contribution in [0.4, 0.5) is 0 Å². The standard InChI is InChI=1S/C15H27NO2/c1-3-11-16-14(7-4-5-12-17-2)9-10-15-8-6-13-18-15/h6,8,13-14,16H,3-5,7,9-12H2,1-2H3. The molecule has 0 saturated carbocycles. The van der Waals surface area contributed by atoms with Crippen molar-refractivity contribution in [3.63, 3.8) is 0 Å². The van der Waals surface area contributed by atoms with Gasteiger partial charge in [0.2, 0.25) is 0 Å². The number of unbranched alkanes of at least 4 members (excludes halogenated alkanes) is 1. The molecule has 1 heterocycles. The van der Waals surface area contributed by atoms with E-state index in [0.717, 1.165) is 38.2 Å². The molecule has 0 fully saturated rings. The predicted molar refractivity (Wildman–Crippen MR) is 74.8 cm³/mol. The zero-order chi connectivity index (χ0) is 13.1. The zero-order valence-electron chi connectivity index (χ0n) is 11.8. The van der Waals surface area contributed by atoms with Gasteiger partial charge in [0, 0.05) is 26.2 Å². The highest BCUT2D eigenvalue weighted by Crippen LogP contribution is 2.10. The first-order valence-corrected chi connectivity index (χ1v) is 7.11. The van der Waals surface area contributed by atoms with Crippen molar-refractivity contribution in [1.82, 2.24) is 5.32 Å². The van der Waals surface area contributed by atoms with Crippen molar-refractivity contribution in [3.05, 3.63) is 24.2 Å². The predicted octanol–water partition coefficient (Wildman–Crippen LogP) is 3.40. The highest BCUT2D eigenvalue weighted by Gasteiger charge is 2.08. The molecule has 18 heavy (non-hydrogen) atoms. The van der Waals surface area contributed by atoms with Crippen LogP contribution >= 0.6 is 0 Å². The van der Waals surface area contributed by atoms with Crippen LogP contribution in [0.5, 0.6) is 0 Å². The minimum Gasteiger partial charge on any atom is -0.469 e. The summed E-state index contributed by atoms with van der Waals surface area (Å²) in [5.41, 5.74) is 0. The Bertz CT molecular complexity index is 272. The van der Waals surface area contributed by atoms with E-state index in [4.69, 9.17) is 9.15 Å². The van der Waals surface area contributed by atoms with E-state index < -0.39 is 0 Å². The number of methoxy groups -OCH3 is 1. The first kappa shape index (κ1) is 15.3. The number of ether oxygens (including phenoxy) is 1. The Hall–Kier alpha value is -0.800. The van der Waals surface area contributed by atoms with E-state index in [2.05, 4.69) is 18.3 Å². The normalized spacial score (nSPS) is 12.8. The van der Waals surface area contributed by atoms with E-state index in [0.29, 0.717) is 6.04 Å². The number of nitrogens with one attached hydrogen (secondary N) is 1. The molecule has 3 heteroatoms. The summed E-state index contributed by atoms with van der Waals surface area (Å²) in [6, 6.07) is 4.62. The van der Waals surface area contributed by atoms with Gasteiger partial charge in [0.1, 0.15) is 5.76 Å². The van der Waals surface area contributed by atoms with Crippen LogP contribution in [0, 0.1) is 0 Å². The minimum atomic E-state index is 0.604. The molecule has 0 radical (unpaired) electrons. The molecule has 0 aliphatic carbocycles. The molecule has 0 saturated heterocycles. The zero-order valence-corrected chi connectivity index (χ0v) is 11.8. The molecule has 1 unspecified atom stereocenters. The Labute approximate surface area is 111 Å². The quantitative estimate of drug-likeness (QED) is 0.614. The summed E-state index contributed by atoms with van der Waals surface area (Å²) in [7, 11) is 1.77. The fourth-order valence-corrected chi connectivity index (χ4v) is 2.11. The number of aryl methyl sites for hydroxylation is 1. The fourth-order valence-electron chi connectivity index (χ4n) is 2.11. The summed E-state index contributed by atoms with van der Waals surface area (Å²) in [6.07, 6.45) is 8.73. The van der Waals surface area contributed by atoms with Crippen LogP contribution in [0.3, 0.4) is 0 Å². The van der Waals surface area contributed by atoms with Gasteiger partial charge in [-0.25, -0.2) is 0 Å². The van der Waals surface area contributed by atoms with E-state index >= 15 is 0 Å². The lowest BCUT2D eigenvalue weighted by molar-refractivity contribution is 0.190. The summed E-state index contributed by atoms with van der Waals surface area (Å²) in [6.45, 7) is 4.19. The van der Waals surface area contributed by atoms with Crippen LogP contribution in [0.15, 0.2) is 22.8 Å². The van der Waals surface area contributed by atoms with Gasteiger partial charge in [-0.3, -0.25) is 0 Å². The first-order valence-electron chi connectivity index (χ1n) is 7.11. The van der Waals surface area contributed by atoms with Crippen LogP contribution < -0.4 is 5.32 Å². The van der Waals surface area contributed by atoms with Crippen molar-refractivity contribution in [2.45, 2.75) is 51.5 Å². The van der Waals surface area contributed by atoms with Crippen molar-refractivity contribution in [2.75, 3.05) is 20.3 Å². The van der Waals surface area contributed by atoms with Gasteiger partial charge in [-0.05, 0) is 50.8 Å².